The van der Waals surface area contributed by atoms with Crippen LogP contribution in [0.1, 0.15) is 17.3 Å². The van der Waals surface area contributed by atoms with Gasteiger partial charge in [0.1, 0.15) is 18.2 Å². The minimum absolute atomic E-state index is 0.00391. The molecule has 0 aliphatic heterocycles. The Labute approximate surface area is 141 Å². The van der Waals surface area contributed by atoms with E-state index < -0.39 is 0 Å². The maximum absolute atomic E-state index is 12.9. The Morgan fingerprint density at radius 3 is 2.38 bits per heavy atom. The molecule has 0 aliphatic rings. The van der Waals surface area contributed by atoms with Gasteiger partial charge in [-0.3, -0.25) is 4.98 Å². The molecule has 1 atom stereocenters. The average Bonchev–Trinajstić information content (AvgIpc) is 2.65. The zero-order valence-corrected chi connectivity index (χ0v) is 13.2. The summed E-state index contributed by atoms with van der Waals surface area (Å²) >= 11 is 0. The highest BCUT2D eigenvalue weighted by atomic mass is 19.1. The lowest BCUT2D eigenvalue weighted by Crippen LogP contribution is -2.27. The number of nitrogens with zero attached hydrogens (tertiary/aromatic N) is 1. The number of benzene rings is 2. The minimum atomic E-state index is -0.264. The van der Waals surface area contributed by atoms with E-state index in [4.69, 9.17) is 4.74 Å². The van der Waals surface area contributed by atoms with E-state index in [1.54, 1.807) is 18.3 Å². The highest BCUT2D eigenvalue weighted by Crippen LogP contribution is 2.19. The summed E-state index contributed by atoms with van der Waals surface area (Å²) in [6.45, 7) is 1.13. The molecule has 3 rings (SSSR count). The first-order valence-corrected chi connectivity index (χ1v) is 7.90. The Hall–Kier alpha value is -2.72. The smallest absolute Gasteiger partial charge is 0.123 e. The molecule has 0 radical (unpaired) electrons. The van der Waals surface area contributed by atoms with E-state index in [2.05, 4.69) is 22.4 Å². The van der Waals surface area contributed by atoms with E-state index in [0.717, 1.165) is 11.3 Å². The molecule has 1 heterocycles. The summed E-state index contributed by atoms with van der Waals surface area (Å²) in [5, 5.41) is 3.47. The maximum Gasteiger partial charge on any atom is 0.123 e. The number of hydrogen-bond acceptors (Lipinski definition) is 3. The number of pyridine rings is 1. The van der Waals surface area contributed by atoms with Crippen molar-refractivity contribution in [1.82, 2.24) is 10.3 Å². The van der Waals surface area contributed by atoms with Crippen LogP contribution >= 0.6 is 0 Å². The first kappa shape index (κ1) is 16.1. The van der Waals surface area contributed by atoms with Crippen LogP contribution in [-0.2, 0) is 0 Å². The van der Waals surface area contributed by atoms with Crippen LogP contribution in [0.15, 0.2) is 79.0 Å². The molecule has 0 saturated carbocycles. The topological polar surface area (TPSA) is 34.1 Å². The van der Waals surface area contributed by atoms with Crippen molar-refractivity contribution < 1.29 is 9.13 Å². The highest BCUT2D eigenvalue weighted by molar-refractivity contribution is 5.27. The SMILES string of the molecule is Fc1ccc(OCCNC(c2ccccc2)c2ccccn2)cc1. The largest absolute Gasteiger partial charge is 0.492 e. The third kappa shape index (κ3) is 4.40. The molecule has 3 aromatic rings. The third-order valence-corrected chi connectivity index (χ3v) is 3.65. The summed E-state index contributed by atoms with van der Waals surface area (Å²) < 4.78 is 18.5. The van der Waals surface area contributed by atoms with E-state index in [-0.39, 0.29) is 11.9 Å². The molecule has 0 saturated heterocycles. The number of ether oxygens (including phenoxy) is 1. The Kier molecular flexibility index (Phi) is 5.53. The summed E-state index contributed by atoms with van der Waals surface area (Å²) in [6.07, 6.45) is 1.79. The number of rotatable bonds is 7. The number of aromatic nitrogens is 1. The molecule has 0 amide bonds. The second kappa shape index (κ2) is 8.22. The van der Waals surface area contributed by atoms with Crippen molar-refractivity contribution >= 4 is 0 Å². The van der Waals surface area contributed by atoms with Gasteiger partial charge in [-0.1, -0.05) is 36.4 Å². The molecule has 2 aromatic carbocycles. The molecule has 24 heavy (non-hydrogen) atoms. The molecular formula is C20H19FN2O. The van der Waals surface area contributed by atoms with E-state index in [1.807, 2.05) is 36.4 Å². The van der Waals surface area contributed by atoms with E-state index in [0.29, 0.717) is 18.9 Å². The van der Waals surface area contributed by atoms with Crippen LogP contribution in [0.5, 0.6) is 5.75 Å². The van der Waals surface area contributed by atoms with Crippen molar-refractivity contribution in [2.45, 2.75) is 6.04 Å². The van der Waals surface area contributed by atoms with Crippen LogP contribution in [0.3, 0.4) is 0 Å². The zero-order valence-electron chi connectivity index (χ0n) is 13.2. The van der Waals surface area contributed by atoms with Gasteiger partial charge in [-0.2, -0.15) is 0 Å². The van der Waals surface area contributed by atoms with Crippen molar-refractivity contribution in [2.24, 2.45) is 0 Å². The predicted octanol–water partition coefficient (Wildman–Crippen LogP) is 3.98. The van der Waals surface area contributed by atoms with Gasteiger partial charge in [-0.05, 0) is 42.0 Å². The fraction of sp³-hybridized carbons (Fsp3) is 0.150. The molecule has 1 N–H and O–H groups in total. The van der Waals surface area contributed by atoms with Gasteiger partial charge in [0, 0.05) is 12.7 Å². The lowest BCUT2D eigenvalue weighted by molar-refractivity contribution is 0.308. The Balaban J connectivity index is 1.61. The fourth-order valence-electron chi connectivity index (χ4n) is 2.49. The minimum Gasteiger partial charge on any atom is -0.492 e. The van der Waals surface area contributed by atoms with Crippen LogP contribution in [0.25, 0.3) is 0 Å². The molecule has 3 nitrogen and oxygen atoms in total. The molecule has 122 valence electrons. The third-order valence-electron chi connectivity index (χ3n) is 3.65. The quantitative estimate of drug-likeness (QED) is 0.668. The van der Waals surface area contributed by atoms with Crippen LogP contribution in [0, 0.1) is 5.82 Å². The van der Waals surface area contributed by atoms with Crippen LogP contribution in [-0.4, -0.2) is 18.1 Å². The molecular weight excluding hydrogens is 303 g/mol. The monoisotopic (exact) mass is 322 g/mol. The molecule has 1 unspecified atom stereocenters. The molecule has 0 bridgehead atoms. The van der Waals surface area contributed by atoms with Crippen LogP contribution < -0.4 is 10.1 Å². The van der Waals surface area contributed by atoms with E-state index in [9.17, 15) is 4.39 Å². The average molecular weight is 322 g/mol. The normalized spacial score (nSPS) is 11.9. The lowest BCUT2D eigenvalue weighted by atomic mass is 10.0. The van der Waals surface area contributed by atoms with E-state index >= 15 is 0 Å². The van der Waals surface area contributed by atoms with E-state index in [1.165, 1.54) is 12.1 Å². The van der Waals surface area contributed by atoms with Gasteiger partial charge in [-0.15, -0.1) is 0 Å². The number of halogens is 1. The van der Waals surface area contributed by atoms with Crippen molar-refractivity contribution in [3.05, 3.63) is 96.1 Å². The number of nitrogens with one attached hydrogen (secondary N) is 1. The fourth-order valence-corrected chi connectivity index (χ4v) is 2.49. The van der Waals surface area contributed by atoms with Gasteiger partial charge in [0.2, 0.25) is 0 Å². The van der Waals surface area contributed by atoms with Gasteiger partial charge >= 0.3 is 0 Å². The van der Waals surface area contributed by atoms with Crippen LogP contribution in [0.4, 0.5) is 4.39 Å². The predicted molar refractivity (Wildman–Crippen MR) is 92.4 cm³/mol. The van der Waals surface area contributed by atoms with Crippen molar-refractivity contribution in [3.63, 3.8) is 0 Å². The first-order chi connectivity index (χ1) is 11.8. The lowest BCUT2D eigenvalue weighted by Gasteiger charge is -2.19. The second-order valence-corrected chi connectivity index (χ2v) is 5.35. The Morgan fingerprint density at radius 2 is 1.67 bits per heavy atom. The van der Waals surface area contributed by atoms with Gasteiger partial charge in [0.25, 0.3) is 0 Å². The molecule has 1 aromatic heterocycles. The van der Waals surface area contributed by atoms with Gasteiger partial charge in [-0.25, -0.2) is 4.39 Å². The maximum atomic E-state index is 12.9. The summed E-state index contributed by atoms with van der Waals surface area (Å²) in [4.78, 5) is 4.46. The summed E-state index contributed by atoms with van der Waals surface area (Å²) in [6, 6.07) is 22.1. The summed E-state index contributed by atoms with van der Waals surface area (Å²) in [5.41, 5.74) is 2.11. The molecule has 0 aliphatic carbocycles. The van der Waals surface area contributed by atoms with Crippen molar-refractivity contribution in [2.75, 3.05) is 13.2 Å². The van der Waals surface area contributed by atoms with Crippen LogP contribution in [0.2, 0.25) is 0 Å². The van der Waals surface area contributed by atoms with Crippen molar-refractivity contribution in [1.29, 1.82) is 0 Å². The Morgan fingerprint density at radius 1 is 0.917 bits per heavy atom. The molecule has 4 heteroatoms. The number of hydrogen-bond donors (Lipinski definition) is 1. The van der Waals surface area contributed by atoms with Gasteiger partial charge < -0.3 is 10.1 Å². The molecule has 0 fully saturated rings. The molecule has 0 spiro atoms. The Bertz CT molecular complexity index is 693. The highest BCUT2D eigenvalue weighted by Gasteiger charge is 2.14. The summed E-state index contributed by atoms with van der Waals surface area (Å²) in [5.74, 6) is 0.395. The summed E-state index contributed by atoms with van der Waals surface area (Å²) in [7, 11) is 0. The first-order valence-electron chi connectivity index (χ1n) is 7.90. The standard InChI is InChI=1S/C20H19FN2O/c21-17-9-11-18(12-10-17)24-15-14-23-20(16-6-2-1-3-7-16)19-8-4-5-13-22-19/h1-13,20,23H,14-15H2. The van der Waals surface area contributed by atoms with Gasteiger partial charge in [0.05, 0.1) is 11.7 Å². The zero-order chi connectivity index (χ0) is 16.6. The van der Waals surface area contributed by atoms with Crippen molar-refractivity contribution in [3.8, 4) is 5.75 Å². The second-order valence-electron chi connectivity index (χ2n) is 5.35. The van der Waals surface area contributed by atoms with Gasteiger partial charge in [0.15, 0.2) is 0 Å².